The summed E-state index contributed by atoms with van der Waals surface area (Å²) in [7, 11) is 0. The first-order valence-electron chi connectivity index (χ1n) is 8.62. The topological polar surface area (TPSA) is 66.5 Å². The highest BCUT2D eigenvalue weighted by molar-refractivity contribution is 7.98. The first kappa shape index (κ1) is 18.0. The van der Waals surface area contributed by atoms with Gasteiger partial charge in [-0.1, -0.05) is 18.2 Å². The lowest BCUT2D eigenvalue weighted by Crippen LogP contribution is -2.29. The molecular weight excluding hydrogens is 372 g/mol. The van der Waals surface area contributed by atoms with Crippen LogP contribution in [0.15, 0.2) is 77.7 Å². The maximum absolute atomic E-state index is 12.6. The molecule has 3 amide bonds. The third-order valence-corrected chi connectivity index (χ3v) is 5.23. The summed E-state index contributed by atoms with van der Waals surface area (Å²) in [6.07, 6.45) is 1.97. The zero-order valence-electron chi connectivity index (χ0n) is 15.0. The standard InChI is InChI=1S/C22H16N2O3S/c1-28-17-6-4-5-15(13-17)23-20(25)14-9-11-16(12-10-14)24-21(26)18-7-2-3-8-19(18)22(24)27/h2-13H,1H3,(H,23,25). The van der Waals surface area contributed by atoms with E-state index in [-0.39, 0.29) is 17.7 Å². The van der Waals surface area contributed by atoms with Gasteiger partial charge in [0.2, 0.25) is 0 Å². The quantitative estimate of drug-likeness (QED) is 0.529. The van der Waals surface area contributed by atoms with Crippen molar-refractivity contribution in [2.24, 2.45) is 0 Å². The molecular formula is C22H16N2O3S. The largest absolute Gasteiger partial charge is 0.322 e. The fourth-order valence-electron chi connectivity index (χ4n) is 3.09. The van der Waals surface area contributed by atoms with E-state index in [2.05, 4.69) is 5.32 Å². The Labute approximate surface area is 166 Å². The molecule has 3 aromatic rings. The van der Waals surface area contributed by atoms with Crippen LogP contribution in [0.25, 0.3) is 0 Å². The molecule has 4 rings (SSSR count). The van der Waals surface area contributed by atoms with Gasteiger partial charge in [-0.25, -0.2) is 4.90 Å². The van der Waals surface area contributed by atoms with Crippen molar-refractivity contribution in [3.63, 3.8) is 0 Å². The Morgan fingerprint density at radius 3 is 2.11 bits per heavy atom. The number of rotatable bonds is 4. The predicted octanol–water partition coefficient (Wildman–Crippen LogP) is 4.46. The maximum Gasteiger partial charge on any atom is 0.266 e. The van der Waals surface area contributed by atoms with Crippen LogP contribution < -0.4 is 10.2 Å². The Kier molecular flexibility index (Phi) is 4.71. The third kappa shape index (κ3) is 3.18. The van der Waals surface area contributed by atoms with Crippen LogP contribution in [-0.2, 0) is 0 Å². The van der Waals surface area contributed by atoms with Crippen LogP contribution in [0.2, 0.25) is 0 Å². The van der Waals surface area contributed by atoms with Crippen molar-refractivity contribution in [1.29, 1.82) is 0 Å². The lowest BCUT2D eigenvalue weighted by Gasteiger charge is -2.14. The minimum atomic E-state index is -0.355. The summed E-state index contributed by atoms with van der Waals surface area (Å²) in [5.74, 6) is -0.967. The average molecular weight is 388 g/mol. The van der Waals surface area contributed by atoms with E-state index in [9.17, 15) is 14.4 Å². The van der Waals surface area contributed by atoms with E-state index in [0.29, 0.717) is 28.1 Å². The molecule has 0 atom stereocenters. The number of imide groups is 1. The van der Waals surface area contributed by atoms with E-state index in [4.69, 9.17) is 0 Å². The average Bonchev–Trinajstić information content (AvgIpc) is 2.99. The van der Waals surface area contributed by atoms with Gasteiger partial charge in [-0.3, -0.25) is 14.4 Å². The van der Waals surface area contributed by atoms with Crippen molar-refractivity contribution in [3.8, 4) is 0 Å². The molecule has 1 aliphatic rings. The van der Waals surface area contributed by atoms with E-state index in [0.717, 1.165) is 9.80 Å². The van der Waals surface area contributed by atoms with Gasteiger partial charge in [0.1, 0.15) is 0 Å². The zero-order chi connectivity index (χ0) is 19.7. The van der Waals surface area contributed by atoms with Crippen LogP contribution in [0.5, 0.6) is 0 Å². The number of carbonyl (C=O) groups excluding carboxylic acids is 3. The predicted molar refractivity (Wildman–Crippen MR) is 110 cm³/mol. The molecule has 1 heterocycles. The van der Waals surface area contributed by atoms with E-state index >= 15 is 0 Å². The van der Waals surface area contributed by atoms with Gasteiger partial charge in [-0.05, 0) is 60.9 Å². The SMILES string of the molecule is CSc1cccc(NC(=O)c2ccc(N3C(=O)c4ccccc4C3=O)cc2)c1. The minimum Gasteiger partial charge on any atom is -0.322 e. The number of anilines is 2. The smallest absolute Gasteiger partial charge is 0.266 e. The van der Waals surface area contributed by atoms with Gasteiger partial charge in [0.15, 0.2) is 0 Å². The van der Waals surface area contributed by atoms with Gasteiger partial charge in [0.25, 0.3) is 17.7 Å². The van der Waals surface area contributed by atoms with Crippen LogP contribution in [-0.4, -0.2) is 24.0 Å². The molecule has 6 heteroatoms. The summed E-state index contributed by atoms with van der Waals surface area (Å²) in [5, 5.41) is 2.85. The van der Waals surface area contributed by atoms with E-state index in [1.54, 1.807) is 60.3 Å². The maximum atomic E-state index is 12.6. The lowest BCUT2D eigenvalue weighted by atomic mass is 10.1. The van der Waals surface area contributed by atoms with E-state index < -0.39 is 0 Å². The monoisotopic (exact) mass is 388 g/mol. The Hall–Kier alpha value is -3.38. The van der Waals surface area contributed by atoms with Crippen molar-refractivity contribution in [2.45, 2.75) is 4.90 Å². The van der Waals surface area contributed by atoms with Crippen molar-refractivity contribution >= 4 is 40.9 Å². The molecule has 1 N–H and O–H groups in total. The number of fused-ring (bicyclic) bond motifs is 1. The summed E-state index contributed by atoms with van der Waals surface area (Å²) in [6, 6.07) is 20.7. The second-order valence-electron chi connectivity index (χ2n) is 6.22. The van der Waals surface area contributed by atoms with Crippen LogP contribution >= 0.6 is 11.8 Å². The van der Waals surface area contributed by atoms with Crippen molar-refractivity contribution in [2.75, 3.05) is 16.5 Å². The van der Waals surface area contributed by atoms with Crippen LogP contribution in [0.4, 0.5) is 11.4 Å². The second-order valence-corrected chi connectivity index (χ2v) is 7.10. The molecule has 0 radical (unpaired) electrons. The number of amides is 3. The molecule has 0 unspecified atom stereocenters. The molecule has 5 nitrogen and oxygen atoms in total. The second kappa shape index (κ2) is 7.32. The summed E-state index contributed by atoms with van der Waals surface area (Å²) in [4.78, 5) is 39.8. The molecule has 0 fully saturated rings. The van der Waals surface area contributed by atoms with Gasteiger partial charge in [-0.15, -0.1) is 11.8 Å². The molecule has 1 aliphatic heterocycles. The van der Waals surface area contributed by atoms with Gasteiger partial charge in [0, 0.05) is 16.1 Å². The van der Waals surface area contributed by atoms with Crippen molar-refractivity contribution in [1.82, 2.24) is 0 Å². The Morgan fingerprint density at radius 1 is 0.857 bits per heavy atom. The van der Waals surface area contributed by atoms with Gasteiger partial charge >= 0.3 is 0 Å². The molecule has 0 saturated heterocycles. The fourth-order valence-corrected chi connectivity index (χ4v) is 3.55. The van der Waals surface area contributed by atoms with E-state index in [1.807, 2.05) is 30.5 Å². The Bertz CT molecular complexity index is 1060. The number of hydrogen-bond acceptors (Lipinski definition) is 4. The first-order chi connectivity index (χ1) is 13.6. The molecule has 0 aliphatic carbocycles. The number of nitrogens with zero attached hydrogens (tertiary/aromatic N) is 1. The minimum absolute atomic E-state index is 0.257. The number of carbonyl (C=O) groups is 3. The number of nitrogens with one attached hydrogen (secondary N) is 1. The summed E-state index contributed by atoms with van der Waals surface area (Å²) in [5.41, 5.74) is 2.37. The Balaban J connectivity index is 1.54. The molecule has 0 bridgehead atoms. The highest BCUT2D eigenvalue weighted by atomic mass is 32.2. The highest BCUT2D eigenvalue weighted by Gasteiger charge is 2.36. The van der Waals surface area contributed by atoms with Gasteiger partial charge in [0.05, 0.1) is 16.8 Å². The summed E-state index contributed by atoms with van der Waals surface area (Å²) in [6.45, 7) is 0. The molecule has 138 valence electrons. The molecule has 0 saturated carbocycles. The lowest BCUT2D eigenvalue weighted by molar-refractivity contribution is 0.0925. The number of hydrogen-bond donors (Lipinski definition) is 1. The van der Waals surface area contributed by atoms with Crippen LogP contribution in [0, 0.1) is 0 Å². The van der Waals surface area contributed by atoms with Crippen molar-refractivity contribution < 1.29 is 14.4 Å². The van der Waals surface area contributed by atoms with Gasteiger partial charge < -0.3 is 5.32 Å². The number of thioether (sulfide) groups is 1. The van der Waals surface area contributed by atoms with Crippen molar-refractivity contribution in [3.05, 3.63) is 89.5 Å². The van der Waals surface area contributed by atoms with Crippen LogP contribution in [0.1, 0.15) is 31.1 Å². The summed E-state index contributed by atoms with van der Waals surface area (Å²) >= 11 is 1.60. The normalized spacial score (nSPS) is 12.8. The molecule has 0 aromatic heterocycles. The molecule has 0 spiro atoms. The highest BCUT2D eigenvalue weighted by Crippen LogP contribution is 2.28. The molecule has 3 aromatic carbocycles. The fraction of sp³-hybridized carbons (Fsp3) is 0.0455. The number of benzene rings is 3. The molecule has 28 heavy (non-hydrogen) atoms. The first-order valence-corrected chi connectivity index (χ1v) is 9.84. The zero-order valence-corrected chi connectivity index (χ0v) is 15.8. The Morgan fingerprint density at radius 2 is 1.50 bits per heavy atom. The summed E-state index contributed by atoms with van der Waals surface area (Å²) < 4.78 is 0. The van der Waals surface area contributed by atoms with E-state index in [1.165, 1.54) is 0 Å². The third-order valence-electron chi connectivity index (χ3n) is 4.51. The van der Waals surface area contributed by atoms with Crippen LogP contribution in [0.3, 0.4) is 0 Å². The van der Waals surface area contributed by atoms with Gasteiger partial charge in [-0.2, -0.15) is 0 Å².